The molecule has 0 amide bonds. The molecule has 0 saturated heterocycles. The van der Waals surface area contributed by atoms with E-state index in [1.54, 1.807) is 0 Å². The van der Waals surface area contributed by atoms with Crippen LogP contribution in [0.25, 0.3) is 0 Å². The summed E-state index contributed by atoms with van der Waals surface area (Å²) in [5.41, 5.74) is 0. The fourth-order valence-electron chi connectivity index (χ4n) is 5.52. The Labute approximate surface area is 258 Å². The second-order valence-electron chi connectivity index (χ2n) is 14.2. The van der Waals surface area contributed by atoms with Crippen LogP contribution in [0, 0.1) is 5.92 Å². The highest BCUT2D eigenvalue weighted by atomic mass is 28.4. The standard InChI is InChI=1S/C36H72O4Si/c1-8-9-10-11-12-13-14-15-16-17-18-19-20-21-22-23-24-25-26-27-28-29-30-33(35(38)39-5)34(31-32-37)40-41(6,7)36(2,3)4/h32-34H,8-31H2,1-7H3/t33?,34-/m1/s1. The molecular formula is C36H72O4Si. The molecule has 0 fully saturated rings. The lowest BCUT2D eigenvalue weighted by atomic mass is 9.93. The van der Waals surface area contributed by atoms with E-state index in [1.165, 1.54) is 136 Å². The monoisotopic (exact) mass is 597 g/mol. The molecule has 2 atom stereocenters. The average molecular weight is 597 g/mol. The van der Waals surface area contributed by atoms with Crippen molar-refractivity contribution < 1.29 is 18.8 Å². The zero-order valence-electron chi connectivity index (χ0n) is 28.8. The van der Waals surface area contributed by atoms with Crippen LogP contribution in [0.5, 0.6) is 0 Å². The number of esters is 1. The van der Waals surface area contributed by atoms with Crippen LogP contribution in [0.1, 0.15) is 182 Å². The molecule has 1 unspecified atom stereocenters. The number of ether oxygens (including phenoxy) is 1. The number of hydrogen-bond acceptors (Lipinski definition) is 4. The highest BCUT2D eigenvalue weighted by molar-refractivity contribution is 6.74. The topological polar surface area (TPSA) is 52.6 Å². The molecule has 4 nitrogen and oxygen atoms in total. The van der Waals surface area contributed by atoms with E-state index in [-0.39, 0.29) is 29.5 Å². The largest absolute Gasteiger partial charge is 0.469 e. The Morgan fingerprint density at radius 1 is 0.659 bits per heavy atom. The molecule has 0 heterocycles. The Morgan fingerprint density at radius 3 is 1.29 bits per heavy atom. The van der Waals surface area contributed by atoms with Gasteiger partial charge in [-0.3, -0.25) is 4.79 Å². The van der Waals surface area contributed by atoms with Crippen molar-refractivity contribution in [3.8, 4) is 0 Å². The van der Waals surface area contributed by atoms with Crippen molar-refractivity contribution in [2.75, 3.05) is 7.11 Å². The zero-order valence-corrected chi connectivity index (χ0v) is 29.8. The minimum absolute atomic E-state index is 0.0290. The Morgan fingerprint density at radius 2 is 1.00 bits per heavy atom. The van der Waals surface area contributed by atoms with Gasteiger partial charge in [0.25, 0.3) is 0 Å². The van der Waals surface area contributed by atoms with Crippen molar-refractivity contribution in [3.63, 3.8) is 0 Å². The molecule has 0 aromatic rings. The van der Waals surface area contributed by atoms with Gasteiger partial charge in [-0.2, -0.15) is 0 Å². The van der Waals surface area contributed by atoms with Gasteiger partial charge in [-0.05, 0) is 24.6 Å². The van der Waals surface area contributed by atoms with Gasteiger partial charge in [0.15, 0.2) is 8.32 Å². The number of aldehydes is 1. The average Bonchev–Trinajstić information content (AvgIpc) is 2.92. The first-order valence-electron chi connectivity index (χ1n) is 17.8. The molecule has 0 aliphatic rings. The third-order valence-electron chi connectivity index (χ3n) is 9.40. The van der Waals surface area contributed by atoms with Crippen molar-refractivity contribution in [3.05, 3.63) is 0 Å². The Balaban J connectivity index is 3.83. The van der Waals surface area contributed by atoms with Gasteiger partial charge >= 0.3 is 5.97 Å². The van der Waals surface area contributed by atoms with E-state index in [9.17, 15) is 9.59 Å². The number of unbranched alkanes of at least 4 members (excludes halogenated alkanes) is 21. The lowest BCUT2D eigenvalue weighted by molar-refractivity contribution is -0.149. The van der Waals surface area contributed by atoms with Gasteiger partial charge in [-0.15, -0.1) is 0 Å². The van der Waals surface area contributed by atoms with Gasteiger partial charge in [-0.25, -0.2) is 0 Å². The number of carbonyl (C=O) groups excluding carboxylic acids is 2. The van der Waals surface area contributed by atoms with Gasteiger partial charge in [0.2, 0.25) is 0 Å². The highest BCUT2D eigenvalue weighted by Crippen LogP contribution is 2.39. The summed E-state index contributed by atoms with van der Waals surface area (Å²) in [6, 6.07) is 0. The van der Waals surface area contributed by atoms with Crippen LogP contribution in [0.4, 0.5) is 0 Å². The van der Waals surface area contributed by atoms with Crippen LogP contribution in [0.2, 0.25) is 18.1 Å². The molecule has 0 aromatic carbocycles. The summed E-state index contributed by atoms with van der Waals surface area (Å²) in [4.78, 5) is 24.0. The smallest absolute Gasteiger partial charge is 0.311 e. The van der Waals surface area contributed by atoms with E-state index in [1.807, 2.05) is 0 Å². The molecule has 0 bridgehead atoms. The lowest BCUT2D eigenvalue weighted by Gasteiger charge is -2.40. The van der Waals surface area contributed by atoms with E-state index in [0.29, 0.717) is 0 Å². The van der Waals surface area contributed by atoms with Gasteiger partial charge in [0.1, 0.15) is 6.29 Å². The Kier molecular flexibility index (Phi) is 25.4. The first kappa shape index (κ1) is 40.3. The SMILES string of the molecule is CCCCCCCCCCCCCCCCCCCCCCCCC(C(=O)OC)[C@@H](CC=O)O[Si](C)(C)C(C)(C)C. The fraction of sp³-hybridized carbons (Fsp3) is 0.944. The molecule has 0 radical (unpaired) electrons. The predicted octanol–water partition coefficient (Wildman–Crippen LogP) is 11.7. The minimum atomic E-state index is -2.09. The van der Waals surface area contributed by atoms with Crippen LogP contribution in [-0.2, 0) is 18.8 Å². The molecule has 244 valence electrons. The third kappa shape index (κ3) is 21.6. The van der Waals surface area contributed by atoms with E-state index in [2.05, 4.69) is 40.8 Å². The molecule has 0 saturated carbocycles. The zero-order chi connectivity index (χ0) is 30.8. The molecule has 0 aliphatic heterocycles. The minimum Gasteiger partial charge on any atom is -0.469 e. The van der Waals surface area contributed by atoms with Crippen LogP contribution < -0.4 is 0 Å². The number of carbonyl (C=O) groups is 2. The maximum Gasteiger partial charge on any atom is 0.311 e. The molecule has 0 N–H and O–H groups in total. The Bertz CT molecular complexity index is 613. The predicted molar refractivity (Wildman–Crippen MR) is 180 cm³/mol. The summed E-state index contributed by atoms with van der Waals surface area (Å²) in [5.74, 6) is -0.594. The first-order chi connectivity index (χ1) is 19.6. The van der Waals surface area contributed by atoms with Crippen LogP contribution in [-0.4, -0.2) is 33.8 Å². The molecule has 41 heavy (non-hydrogen) atoms. The summed E-state index contributed by atoms with van der Waals surface area (Å²) in [6.07, 6.45) is 31.6. The van der Waals surface area contributed by atoms with Crippen LogP contribution in [0.3, 0.4) is 0 Å². The van der Waals surface area contributed by atoms with Gasteiger partial charge in [0, 0.05) is 6.42 Å². The molecule has 0 spiro atoms. The van der Waals surface area contributed by atoms with Gasteiger partial charge in [-0.1, -0.05) is 169 Å². The van der Waals surface area contributed by atoms with Crippen molar-refractivity contribution in [1.29, 1.82) is 0 Å². The first-order valence-corrected chi connectivity index (χ1v) is 20.7. The fourth-order valence-corrected chi connectivity index (χ4v) is 6.90. The van der Waals surface area contributed by atoms with Crippen molar-refractivity contribution >= 4 is 20.6 Å². The van der Waals surface area contributed by atoms with E-state index in [4.69, 9.17) is 9.16 Å². The van der Waals surface area contributed by atoms with E-state index >= 15 is 0 Å². The highest BCUT2D eigenvalue weighted by Gasteiger charge is 2.42. The molecule has 5 heteroatoms. The number of methoxy groups -OCH3 is 1. The third-order valence-corrected chi connectivity index (χ3v) is 13.9. The van der Waals surface area contributed by atoms with Crippen molar-refractivity contribution in [2.24, 2.45) is 5.92 Å². The Hall–Kier alpha value is -0.683. The van der Waals surface area contributed by atoms with Gasteiger partial charge < -0.3 is 14.0 Å². The summed E-state index contributed by atoms with van der Waals surface area (Å²) in [5, 5.41) is 0.0290. The normalized spacial score (nSPS) is 13.7. The lowest BCUT2D eigenvalue weighted by Crippen LogP contribution is -2.47. The molecule has 0 aromatic heterocycles. The van der Waals surface area contributed by atoms with Crippen LogP contribution in [0.15, 0.2) is 0 Å². The molecule has 0 aliphatic carbocycles. The maximum absolute atomic E-state index is 12.6. The summed E-state index contributed by atoms with van der Waals surface area (Å²) in [6.45, 7) is 13.2. The number of rotatable bonds is 29. The summed E-state index contributed by atoms with van der Waals surface area (Å²) >= 11 is 0. The van der Waals surface area contributed by atoms with Crippen molar-refractivity contribution in [1.82, 2.24) is 0 Å². The quantitative estimate of drug-likeness (QED) is 0.0373. The van der Waals surface area contributed by atoms with E-state index < -0.39 is 8.32 Å². The van der Waals surface area contributed by atoms with Gasteiger partial charge in [0.05, 0.1) is 19.1 Å². The second kappa shape index (κ2) is 25.8. The van der Waals surface area contributed by atoms with Crippen LogP contribution >= 0.6 is 0 Å². The summed E-state index contributed by atoms with van der Waals surface area (Å²) < 4.78 is 11.7. The number of hydrogen-bond donors (Lipinski definition) is 0. The maximum atomic E-state index is 12.6. The molecule has 0 rings (SSSR count). The second-order valence-corrected chi connectivity index (χ2v) is 18.9. The van der Waals surface area contributed by atoms with Crippen molar-refractivity contribution in [2.45, 2.75) is 206 Å². The summed E-state index contributed by atoms with van der Waals surface area (Å²) in [7, 11) is -0.649. The van der Waals surface area contributed by atoms with E-state index in [0.717, 1.165) is 25.5 Å². The molecular weight excluding hydrogens is 524 g/mol.